The Kier molecular flexibility index (Phi) is 7.18. The average Bonchev–Trinajstić information content (AvgIpc) is 3.33. The van der Waals surface area contributed by atoms with Gasteiger partial charge in [-0.15, -0.1) is 0 Å². The highest BCUT2D eigenvalue weighted by molar-refractivity contribution is 6.47. The minimum absolute atomic E-state index is 0.119. The van der Waals surface area contributed by atoms with Crippen molar-refractivity contribution in [3.63, 3.8) is 0 Å². The van der Waals surface area contributed by atoms with Crippen molar-refractivity contribution < 1.29 is 18.6 Å². The standard InChI is InChI=1S/C28H31FN8O3/c1-18(34-22-4-7-36(8-5-22)23-15-38-16-23)26(35-31)19-10-24(27-20(11-30)12-33-37(27)14-19)39-17-28(6-9-40-28)25-3-2-21(29)13-32-25/h2-3,10,12-14,22-23H,4-9,15-17,31H2,1H3/b34-18?,35-26+/t28-/m1/s1. The fraction of sp³-hybridized carbons (Fsp3) is 0.464. The van der Waals surface area contributed by atoms with Crippen molar-refractivity contribution in [2.45, 2.75) is 43.9 Å². The van der Waals surface area contributed by atoms with Crippen molar-refractivity contribution in [2.24, 2.45) is 15.9 Å². The van der Waals surface area contributed by atoms with E-state index in [2.05, 4.69) is 26.2 Å². The zero-order chi connectivity index (χ0) is 27.7. The molecule has 0 spiro atoms. The molecule has 0 amide bonds. The summed E-state index contributed by atoms with van der Waals surface area (Å²) in [6.45, 7) is 6.19. The number of aromatic nitrogens is 3. The smallest absolute Gasteiger partial charge is 0.147 e. The number of nitriles is 1. The monoisotopic (exact) mass is 546 g/mol. The number of pyridine rings is 2. The zero-order valence-corrected chi connectivity index (χ0v) is 22.3. The first-order valence-corrected chi connectivity index (χ1v) is 13.4. The van der Waals surface area contributed by atoms with Gasteiger partial charge in [-0.2, -0.15) is 15.5 Å². The number of rotatable bonds is 8. The van der Waals surface area contributed by atoms with Gasteiger partial charge < -0.3 is 20.1 Å². The molecule has 3 aromatic rings. The number of hydrogen-bond donors (Lipinski definition) is 1. The van der Waals surface area contributed by atoms with Gasteiger partial charge in [-0.3, -0.25) is 14.9 Å². The van der Waals surface area contributed by atoms with Crippen molar-refractivity contribution in [2.75, 3.05) is 39.5 Å². The van der Waals surface area contributed by atoms with E-state index < -0.39 is 11.4 Å². The highest BCUT2D eigenvalue weighted by atomic mass is 19.1. The number of halogens is 1. The summed E-state index contributed by atoms with van der Waals surface area (Å²) in [4.78, 5) is 11.7. The van der Waals surface area contributed by atoms with Crippen LogP contribution in [0.2, 0.25) is 0 Å². The molecule has 3 aliphatic heterocycles. The number of nitrogens with zero attached hydrogens (tertiary/aromatic N) is 7. The summed E-state index contributed by atoms with van der Waals surface area (Å²) in [5.74, 6) is 5.89. The van der Waals surface area contributed by atoms with E-state index in [1.807, 2.05) is 6.92 Å². The molecule has 6 rings (SSSR count). The fourth-order valence-electron chi connectivity index (χ4n) is 5.51. The summed E-state index contributed by atoms with van der Waals surface area (Å²) in [5.41, 5.74) is 2.56. The Morgan fingerprint density at radius 1 is 1.30 bits per heavy atom. The predicted octanol–water partition coefficient (Wildman–Crippen LogP) is 2.42. The summed E-state index contributed by atoms with van der Waals surface area (Å²) >= 11 is 0. The largest absolute Gasteiger partial charge is 0.488 e. The van der Waals surface area contributed by atoms with Crippen LogP contribution in [0.1, 0.15) is 43.0 Å². The molecule has 11 nitrogen and oxygen atoms in total. The molecule has 3 aliphatic rings. The van der Waals surface area contributed by atoms with Gasteiger partial charge in [0.25, 0.3) is 0 Å². The number of aliphatic imine (C=N–C) groups is 1. The minimum Gasteiger partial charge on any atom is -0.488 e. The van der Waals surface area contributed by atoms with Crippen LogP contribution in [-0.2, 0) is 15.1 Å². The lowest BCUT2D eigenvalue weighted by Gasteiger charge is -2.40. The second-order valence-electron chi connectivity index (χ2n) is 10.4. The molecule has 0 radical (unpaired) electrons. The molecule has 208 valence electrons. The van der Waals surface area contributed by atoms with E-state index in [0.717, 1.165) is 44.9 Å². The van der Waals surface area contributed by atoms with E-state index in [1.54, 1.807) is 22.8 Å². The van der Waals surface area contributed by atoms with Crippen LogP contribution >= 0.6 is 0 Å². The van der Waals surface area contributed by atoms with Gasteiger partial charge in [-0.05, 0) is 38.0 Å². The number of piperidine rings is 1. The van der Waals surface area contributed by atoms with Gasteiger partial charge in [0.1, 0.15) is 46.6 Å². The first kappa shape index (κ1) is 26.3. The minimum atomic E-state index is -0.809. The van der Waals surface area contributed by atoms with Crippen LogP contribution in [-0.4, -0.2) is 82.5 Å². The van der Waals surface area contributed by atoms with Crippen LogP contribution in [0.5, 0.6) is 5.75 Å². The normalized spacial score (nSPS) is 23.0. The van der Waals surface area contributed by atoms with Crippen LogP contribution < -0.4 is 10.6 Å². The van der Waals surface area contributed by atoms with E-state index in [1.165, 1.54) is 18.5 Å². The summed E-state index contributed by atoms with van der Waals surface area (Å²) < 4.78 is 32.6. The third kappa shape index (κ3) is 4.92. The van der Waals surface area contributed by atoms with Crippen LogP contribution in [0.25, 0.3) is 5.52 Å². The van der Waals surface area contributed by atoms with Crippen molar-refractivity contribution in [1.29, 1.82) is 5.26 Å². The number of nitrogens with two attached hydrogens (primary N) is 1. The van der Waals surface area contributed by atoms with Gasteiger partial charge in [0.15, 0.2) is 0 Å². The van der Waals surface area contributed by atoms with Crippen molar-refractivity contribution in [1.82, 2.24) is 19.5 Å². The molecule has 3 saturated heterocycles. The average molecular weight is 547 g/mol. The predicted molar refractivity (Wildman–Crippen MR) is 145 cm³/mol. The maximum atomic E-state index is 13.5. The molecule has 0 saturated carbocycles. The summed E-state index contributed by atoms with van der Waals surface area (Å²) in [6.07, 6.45) is 7.01. The van der Waals surface area contributed by atoms with Crippen molar-refractivity contribution in [3.05, 3.63) is 59.4 Å². The zero-order valence-electron chi connectivity index (χ0n) is 22.3. The van der Waals surface area contributed by atoms with Gasteiger partial charge in [-0.25, -0.2) is 8.91 Å². The Labute approximate surface area is 231 Å². The molecule has 0 unspecified atom stereocenters. The van der Waals surface area contributed by atoms with E-state index in [0.29, 0.717) is 52.9 Å². The molecule has 0 bridgehead atoms. The molecule has 3 aromatic heterocycles. The van der Waals surface area contributed by atoms with E-state index in [9.17, 15) is 9.65 Å². The lowest BCUT2D eigenvalue weighted by molar-refractivity contribution is -0.175. The molecule has 3 fully saturated rings. The van der Waals surface area contributed by atoms with Crippen LogP contribution in [0.3, 0.4) is 0 Å². The molecule has 0 aromatic carbocycles. The summed E-state index contributed by atoms with van der Waals surface area (Å²) in [6, 6.07) is 7.65. The van der Waals surface area contributed by atoms with Crippen molar-refractivity contribution in [3.8, 4) is 11.8 Å². The Balaban J connectivity index is 1.26. The number of hydrogen-bond acceptors (Lipinski definition) is 10. The highest BCUT2D eigenvalue weighted by Gasteiger charge is 2.43. The second-order valence-corrected chi connectivity index (χ2v) is 10.4. The van der Waals surface area contributed by atoms with Gasteiger partial charge in [0.2, 0.25) is 0 Å². The molecule has 40 heavy (non-hydrogen) atoms. The molecular formula is C28H31FN8O3. The van der Waals surface area contributed by atoms with Crippen LogP contribution in [0.4, 0.5) is 4.39 Å². The van der Waals surface area contributed by atoms with Gasteiger partial charge in [-0.1, -0.05) is 0 Å². The fourth-order valence-corrected chi connectivity index (χ4v) is 5.51. The SMILES string of the molecule is CC(=NC1CCN(C2COC2)CC1)/C(=N\N)c1cc(OC[C@@]2(c3ccc(F)cn3)CCO2)c2c(C#N)cnn2c1. The Morgan fingerprint density at radius 2 is 2.10 bits per heavy atom. The third-order valence-electron chi connectivity index (χ3n) is 7.99. The maximum absolute atomic E-state index is 13.5. The number of likely N-dealkylation sites (tertiary alicyclic amines) is 1. The molecular weight excluding hydrogens is 515 g/mol. The lowest BCUT2D eigenvalue weighted by atomic mass is 9.91. The van der Waals surface area contributed by atoms with Crippen LogP contribution in [0, 0.1) is 17.1 Å². The van der Waals surface area contributed by atoms with Crippen LogP contribution in [0.15, 0.2) is 46.9 Å². The van der Waals surface area contributed by atoms with Gasteiger partial charge >= 0.3 is 0 Å². The lowest BCUT2D eigenvalue weighted by Crippen LogP contribution is -2.52. The van der Waals surface area contributed by atoms with E-state index >= 15 is 0 Å². The molecule has 2 N–H and O–H groups in total. The molecule has 1 atom stereocenters. The summed E-state index contributed by atoms with van der Waals surface area (Å²) in [5, 5.41) is 18.2. The third-order valence-corrected chi connectivity index (χ3v) is 7.99. The van der Waals surface area contributed by atoms with Gasteiger partial charge in [0, 0.05) is 31.3 Å². The molecule has 12 heteroatoms. The number of hydrazone groups is 1. The van der Waals surface area contributed by atoms with Crippen molar-refractivity contribution >= 4 is 16.9 Å². The highest BCUT2D eigenvalue weighted by Crippen LogP contribution is 2.38. The second kappa shape index (κ2) is 10.9. The molecule has 0 aliphatic carbocycles. The quantitative estimate of drug-likeness (QED) is 0.259. The van der Waals surface area contributed by atoms with E-state index in [4.69, 9.17) is 25.0 Å². The topological polar surface area (TPSA) is 136 Å². The Morgan fingerprint density at radius 3 is 2.70 bits per heavy atom. The van der Waals surface area contributed by atoms with E-state index in [-0.39, 0.29) is 12.6 Å². The molecule has 6 heterocycles. The Bertz CT molecular complexity index is 1480. The van der Waals surface area contributed by atoms with Gasteiger partial charge in [0.05, 0.1) is 55.7 Å². The first-order valence-electron chi connectivity index (χ1n) is 13.4. The first-order chi connectivity index (χ1) is 19.5. The maximum Gasteiger partial charge on any atom is 0.147 e. The Hall–Kier alpha value is -3.92. The summed E-state index contributed by atoms with van der Waals surface area (Å²) in [7, 11) is 0. The number of ether oxygens (including phenoxy) is 3. The number of fused-ring (bicyclic) bond motifs is 1.